The minimum atomic E-state index is -0.560. The molecular weight excluding hydrogens is 296 g/mol. The van der Waals surface area contributed by atoms with E-state index in [1.165, 1.54) is 0 Å². The molecule has 0 aliphatic carbocycles. The van der Waals surface area contributed by atoms with Crippen molar-refractivity contribution in [3.05, 3.63) is 51.4 Å². The molecule has 0 saturated heterocycles. The van der Waals surface area contributed by atoms with Crippen molar-refractivity contribution in [2.45, 2.75) is 13.5 Å². The number of rotatable bonds is 6. The third-order valence-electron chi connectivity index (χ3n) is 2.61. The standard InChI is InChI=1S/C13H13ClN4O3/c1-2-21-10-5-3-4-9(6-10)7-15-12-11(18(19)20)8-16-13(14)17-12/h3-6,8H,2,7H2,1H3,(H,15,16,17). The maximum Gasteiger partial charge on any atom is 0.329 e. The second-order valence-corrected chi connectivity index (χ2v) is 4.40. The largest absolute Gasteiger partial charge is 0.494 e. The minimum absolute atomic E-state index is 0.0498. The van der Waals surface area contributed by atoms with Gasteiger partial charge in [0.2, 0.25) is 11.1 Å². The molecule has 1 aromatic carbocycles. The molecular formula is C13H13ClN4O3. The van der Waals surface area contributed by atoms with E-state index in [1.807, 2.05) is 31.2 Å². The second kappa shape index (κ2) is 6.85. The van der Waals surface area contributed by atoms with Crippen LogP contribution in [0.2, 0.25) is 5.28 Å². The van der Waals surface area contributed by atoms with Gasteiger partial charge in [0.1, 0.15) is 11.9 Å². The van der Waals surface area contributed by atoms with E-state index in [1.54, 1.807) is 0 Å². The Labute approximate surface area is 126 Å². The van der Waals surface area contributed by atoms with Gasteiger partial charge in [-0.15, -0.1) is 0 Å². The highest BCUT2D eigenvalue weighted by Crippen LogP contribution is 2.23. The Kier molecular flexibility index (Phi) is 4.89. The molecule has 0 bridgehead atoms. The van der Waals surface area contributed by atoms with Gasteiger partial charge in [0.15, 0.2) is 0 Å². The van der Waals surface area contributed by atoms with Crippen LogP contribution in [0.25, 0.3) is 0 Å². The fourth-order valence-corrected chi connectivity index (χ4v) is 1.85. The number of nitrogens with zero attached hydrogens (tertiary/aromatic N) is 3. The van der Waals surface area contributed by atoms with Crippen molar-refractivity contribution in [2.75, 3.05) is 11.9 Å². The van der Waals surface area contributed by atoms with Gasteiger partial charge < -0.3 is 10.1 Å². The molecule has 0 radical (unpaired) electrons. The molecule has 0 amide bonds. The van der Waals surface area contributed by atoms with Crippen LogP contribution in [-0.4, -0.2) is 21.5 Å². The molecule has 0 unspecified atom stereocenters. The van der Waals surface area contributed by atoms with E-state index in [2.05, 4.69) is 15.3 Å². The first-order valence-electron chi connectivity index (χ1n) is 6.22. The minimum Gasteiger partial charge on any atom is -0.494 e. The van der Waals surface area contributed by atoms with Crippen molar-refractivity contribution in [3.63, 3.8) is 0 Å². The molecule has 0 fully saturated rings. The highest BCUT2D eigenvalue weighted by Gasteiger charge is 2.16. The molecule has 7 nitrogen and oxygen atoms in total. The molecule has 2 aromatic rings. The van der Waals surface area contributed by atoms with E-state index < -0.39 is 4.92 Å². The average molecular weight is 309 g/mol. The molecule has 1 N–H and O–H groups in total. The summed E-state index contributed by atoms with van der Waals surface area (Å²) in [6.07, 6.45) is 1.08. The van der Waals surface area contributed by atoms with E-state index in [9.17, 15) is 10.1 Å². The number of ether oxygens (including phenoxy) is 1. The molecule has 0 aliphatic heterocycles. The predicted molar refractivity (Wildman–Crippen MR) is 78.6 cm³/mol. The van der Waals surface area contributed by atoms with Crippen LogP contribution in [0.5, 0.6) is 5.75 Å². The first-order valence-corrected chi connectivity index (χ1v) is 6.60. The summed E-state index contributed by atoms with van der Waals surface area (Å²) in [5, 5.41) is 13.7. The molecule has 0 atom stereocenters. The monoisotopic (exact) mass is 308 g/mol. The lowest BCUT2D eigenvalue weighted by Crippen LogP contribution is -2.06. The molecule has 2 rings (SSSR count). The number of nitrogens with one attached hydrogen (secondary N) is 1. The molecule has 0 aliphatic rings. The molecule has 8 heteroatoms. The van der Waals surface area contributed by atoms with Crippen LogP contribution in [0, 0.1) is 10.1 Å². The number of nitro groups is 1. The van der Waals surface area contributed by atoms with Crippen molar-refractivity contribution in [3.8, 4) is 5.75 Å². The number of anilines is 1. The summed E-state index contributed by atoms with van der Waals surface area (Å²) < 4.78 is 5.40. The van der Waals surface area contributed by atoms with Gasteiger partial charge in [0, 0.05) is 6.54 Å². The van der Waals surface area contributed by atoms with Crippen LogP contribution in [0.15, 0.2) is 30.5 Å². The second-order valence-electron chi connectivity index (χ2n) is 4.06. The summed E-state index contributed by atoms with van der Waals surface area (Å²) in [6.45, 7) is 2.83. The average Bonchev–Trinajstić information content (AvgIpc) is 2.45. The van der Waals surface area contributed by atoms with Gasteiger partial charge in [-0.05, 0) is 36.2 Å². The number of halogens is 1. The fraction of sp³-hybridized carbons (Fsp3) is 0.231. The Morgan fingerprint density at radius 2 is 2.29 bits per heavy atom. The molecule has 21 heavy (non-hydrogen) atoms. The Balaban J connectivity index is 2.14. The lowest BCUT2D eigenvalue weighted by Gasteiger charge is -2.08. The lowest BCUT2D eigenvalue weighted by molar-refractivity contribution is -0.384. The summed E-state index contributed by atoms with van der Waals surface area (Å²) in [6, 6.07) is 7.43. The Bertz CT molecular complexity index is 651. The van der Waals surface area contributed by atoms with Gasteiger partial charge >= 0.3 is 5.69 Å². The normalized spacial score (nSPS) is 10.2. The van der Waals surface area contributed by atoms with Crippen molar-refractivity contribution in [1.82, 2.24) is 9.97 Å². The van der Waals surface area contributed by atoms with Crippen molar-refractivity contribution in [2.24, 2.45) is 0 Å². The summed E-state index contributed by atoms with van der Waals surface area (Å²) in [5.41, 5.74) is 0.686. The summed E-state index contributed by atoms with van der Waals surface area (Å²) in [7, 11) is 0. The van der Waals surface area contributed by atoms with Crippen molar-refractivity contribution in [1.29, 1.82) is 0 Å². The third-order valence-corrected chi connectivity index (χ3v) is 2.79. The van der Waals surface area contributed by atoms with Crippen molar-refractivity contribution < 1.29 is 9.66 Å². The van der Waals surface area contributed by atoms with Crippen LogP contribution in [0.4, 0.5) is 11.5 Å². The maximum absolute atomic E-state index is 10.9. The topological polar surface area (TPSA) is 90.2 Å². The molecule has 110 valence electrons. The number of hydrogen-bond acceptors (Lipinski definition) is 6. The highest BCUT2D eigenvalue weighted by molar-refractivity contribution is 6.28. The zero-order chi connectivity index (χ0) is 15.2. The molecule has 1 heterocycles. The highest BCUT2D eigenvalue weighted by atomic mass is 35.5. The fourth-order valence-electron chi connectivity index (χ4n) is 1.72. The summed E-state index contributed by atoms with van der Waals surface area (Å²) in [4.78, 5) is 17.8. The van der Waals surface area contributed by atoms with E-state index in [-0.39, 0.29) is 16.8 Å². The van der Waals surface area contributed by atoms with E-state index in [0.717, 1.165) is 17.5 Å². The third kappa shape index (κ3) is 4.03. The van der Waals surface area contributed by atoms with Gasteiger partial charge in [-0.1, -0.05) is 12.1 Å². The van der Waals surface area contributed by atoms with E-state index in [4.69, 9.17) is 16.3 Å². The SMILES string of the molecule is CCOc1cccc(CNc2nc(Cl)ncc2[N+](=O)[O-])c1. The first kappa shape index (κ1) is 15.0. The Hall–Kier alpha value is -2.41. The Morgan fingerprint density at radius 1 is 1.48 bits per heavy atom. The zero-order valence-electron chi connectivity index (χ0n) is 11.2. The van der Waals surface area contributed by atoms with Crippen LogP contribution < -0.4 is 10.1 Å². The summed E-state index contributed by atoms with van der Waals surface area (Å²) >= 11 is 5.66. The van der Waals surface area contributed by atoms with Crippen LogP contribution >= 0.6 is 11.6 Å². The number of benzene rings is 1. The van der Waals surface area contributed by atoms with Gasteiger partial charge in [-0.2, -0.15) is 4.98 Å². The summed E-state index contributed by atoms with van der Waals surface area (Å²) in [5.74, 6) is 0.828. The smallest absolute Gasteiger partial charge is 0.329 e. The molecule has 0 saturated carbocycles. The van der Waals surface area contributed by atoms with E-state index in [0.29, 0.717) is 13.2 Å². The Morgan fingerprint density at radius 3 is 3.00 bits per heavy atom. The van der Waals surface area contributed by atoms with Crippen LogP contribution in [0.1, 0.15) is 12.5 Å². The quantitative estimate of drug-likeness (QED) is 0.501. The predicted octanol–water partition coefficient (Wildman–Crippen LogP) is 3.05. The number of hydrogen-bond donors (Lipinski definition) is 1. The first-order chi connectivity index (χ1) is 10.1. The van der Waals surface area contributed by atoms with E-state index >= 15 is 0 Å². The lowest BCUT2D eigenvalue weighted by atomic mass is 10.2. The maximum atomic E-state index is 10.9. The zero-order valence-corrected chi connectivity index (χ0v) is 12.0. The van der Waals surface area contributed by atoms with Gasteiger partial charge in [0.05, 0.1) is 11.5 Å². The van der Waals surface area contributed by atoms with Gasteiger partial charge in [0.25, 0.3) is 0 Å². The van der Waals surface area contributed by atoms with Crippen LogP contribution in [0.3, 0.4) is 0 Å². The molecule has 0 spiro atoms. The number of aromatic nitrogens is 2. The van der Waals surface area contributed by atoms with Crippen molar-refractivity contribution >= 4 is 23.1 Å². The van der Waals surface area contributed by atoms with Gasteiger partial charge in [-0.3, -0.25) is 10.1 Å². The van der Waals surface area contributed by atoms with Crippen LogP contribution in [-0.2, 0) is 6.54 Å². The van der Waals surface area contributed by atoms with Gasteiger partial charge in [-0.25, -0.2) is 4.98 Å². The molecule has 1 aromatic heterocycles.